The van der Waals surface area contributed by atoms with Crippen molar-refractivity contribution in [1.82, 2.24) is 0 Å². The van der Waals surface area contributed by atoms with E-state index in [1.807, 2.05) is 0 Å². The molecule has 0 aliphatic rings. The number of halogens is 1. The highest BCUT2D eigenvalue weighted by molar-refractivity contribution is 14.0. The summed E-state index contributed by atoms with van der Waals surface area (Å²) in [5, 5.41) is 27.2. The lowest BCUT2D eigenvalue weighted by atomic mass is 10.1. The van der Waals surface area contributed by atoms with Crippen molar-refractivity contribution in [2.45, 2.75) is 76.1 Å². The minimum absolute atomic E-state index is 0. The molecule has 0 amide bonds. The summed E-state index contributed by atoms with van der Waals surface area (Å²) in [5.41, 5.74) is 0. The first-order valence-electron chi connectivity index (χ1n) is 9.72. The summed E-state index contributed by atoms with van der Waals surface area (Å²) in [6.07, 6.45) is 19.9. The minimum Gasteiger partial charge on any atom is -0.392 e. The van der Waals surface area contributed by atoms with Crippen LogP contribution in [-0.2, 0) is 13.6 Å². The van der Waals surface area contributed by atoms with E-state index in [0.29, 0.717) is 39.1 Å². The zero-order chi connectivity index (χ0) is 23.5. The largest absolute Gasteiger partial charge is 0.392 e. The second kappa shape index (κ2) is 35.1. The molecule has 0 radical (unpaired) electrons. The summed E-state index contributed by atoms with van der Waals surface area (Å²) in [7, 11) is 6.50. The maximum absolute atomic E-state index is 9.07. The van der Waals surface area contributed by atoms with E-state index in [1.165, 1.54) is 0 Å². The van der Waals surface area contributed by atoms with Crippen molar-refractivity contribution in [3.8, 4) is 37.0 Å². The van der Waals surface area contributed by atoms with Crippen LogP contribution in [0.2, 0.25) is 0 Å². The van der Waals surface area contributed by atoms with E-state index in [4.69, 9.17) is 48.2 Å². The van der Waals surface area contributed by atoms with E-state index in [1.54, 1.807) is 0 Å². The Morgan fingerprint density at radius 1 is 0.581 bits per heavy atom. The molecule has 6 nitrogen and oxygen atoms in total. The summed E-state index contributed by atoms with van der Waals surface area (Å²) >= 11 is 0. The fourth-order valence-corrected chi connectivity index (χ4v) is 2.42. The summed E-state index contributed by atoms with van der Waals surface area (Å²) < 4.78 is 14.2. The quantitative estimate of drug-likeness (QED) is 0.114. The lowest BCUT2D eigenvalue weighted by Gasteiger charge is -2.04. The summed E-state index contributed by atoms with van der Waals surface area (Å²) in [4.78, 5) is 0. The van der Waals surface area contributed by atoms with Gasteiger partial charge in [-0.15, -0.1) is 61.0 Å². The van der Waals surface area contributed by atoms with Crippen molar-refractivity contribution >= 4 is 52.4 Å². The maximum atomic E-state index is 9.07. The predicted molar refractivity (Wildman–Crippen MR) is 148 cm³/mol. The Bertz CT molecular complexity index is 399. The number of hydrogen-bond donors (Lipinski definition) is 3. The minimum atomic E-state index is -0.356. The first-order valence-corrected chi connectivity index (χ1v) is 11.1. The van der Waals surface area contributed by atoms with Crippen LogP contribution in [0.25, 0.3) is 0 Å². The van der Waals surface area contributed by atoms with Crippen LogP contribution >= 0.6 is 52.4 Å². The van der Waals surface area contributed by atoms with Crippen molar-refractivity contribution in [2.24, 2.45) is 0 Å². The van der Waals surface area contributed by atoms with E-state index in [-0.39, 0.29) is 42.3 Å². The highest BCUT2D eigenvalue weighted by atomic mass is 127. The average Bonchev–Trinajstić information content (AvgIpc) is 2.70. The monoisotopic (exact) mass is 608 g/mol. The molecule has 4 unspecified atom stereocenters. The lowest BCUT2D eigenvalue weighted by molar-refractivity contribution is 0.159. The van der Waals surface area contributed by atoms with Gasteiger partial charge in [-0.2, -0.15) is 0 Å². The Hall–Kier alpha value is 0.460. The summed E-state index contributed by atoms with van der Waals surface area (Å²) in [6.45, 7) is 1.98. The van der Waals surface area contributed by atoms with E-state index in [9.17, 15) is 0 Å². The third-order valence-electron chi connectivity index (χ3n) is 3.46. The Morgan fingerprint density at radius 2 is 0.806 bits per heavy atom. The molecule has 3 N–H and O–H groups in total. The molecule has 0 aromatic carbocycles. The number of hydrogen-bond acceptors (Lipinski definition) is 6. The molecule has 0 aromatic heterocycles. The normalized spacial score (nSPS) is 12.1. The third kappa shape index (κ3) is 41.2. The van der Waals surface area contributed by atoms with Crippen LogP contribution in [-0.4, -0.2) is 53.5 Å². The van der Waals surface area contributed by atoms with Gasteiger partial charge in [0.1, 0.15) is 0 Å². The molecule has 6 atom stereocenters. The molecular formula is C21H40IO6P3. The van der Waals surface area contributed by atoms with Gasteiger partial charge in [-0.05, 0) is 38.5 Å². The van der Waals surface area contributed by atoms with Crippen molar-refractivity contribution in [3.05, 3.63) is 0 Å². The molecular weight excluding hydrogens is 568 g/mol. The highest BCUT2D eigenvalue weighted by Gasteiger charge is 2.01. The van der Waals surface area contributed by atoms with Crippen molar-refractivity contribution in [1.29, 1.82) is 0 Å². The van der Waals surface area contributed by atoms with Crippen LogP contribution in [0.4, 0.5) is 0 Å². The first-order chi connectivity index (χ1) is 14.4. The standard InChI is InChI=1S/3C7H13O2P.HI/c3*1-2-4-7(8)5-3-6-9-10;/h3*1,7-8H,3-6,10H2;1H/t2*7-;;/m10../s1. The van der Waals surface area contributed by atoms with Crippen LogP contribution in [0.1, 0.15) is 57.8 Å². The molecule has 0 fully saturated rings. The molecule has 31 heavy (non-hydrogen) atoms. The predicted octanol–water partition coefficient (Wildman–Crippen LogP) is 3.49. The first kappa shape index (κ1) is 38.7. The van der Waals surface area contributed by atoms with Gasteiger partial charge >= 0.3 is 0 Å². The van der Waals surface area contributed by atoms with Gasteiger partial charge in [0.15, 0.2) is 0 Å². The number of rotatable bonds is 15. The van der Waals surface area contributed by atoms with Gasteiger partial charge in [0.2, 0.25) is 0 Å². The smallest absolute Gasteiger partial charge is 0.0650 e. The Kier molecular flexibility index (Phi) is 43.8. The van der Waals surface area contributed by atoms with Gasteiger partial charge in [-0.25, -0.2) is 0 Å². The number of aliphatic hydroxyl groups is 3. The number of aliphatic hydroxyl groups excluding tert-OH is 3. The van der Waals surface area contributed by atoms with Crippen LogP contribution in [0.3, 0.4) is 0 Å². The van der Waals surface area contributed by atoms with Crippen LogP contribution in [0, 0.1) is 37.0 Å². The van der Waals surface area contributed by atoms with Crippen LogP contribution in [0.5, 0.6) is 0 Å². The Balaban J connectivity index is -0.000000174. The SMILES string of the molecule is C#CCC(O)CCCOP.C#CC[C@@H](O)CCCOP.C#CC[C@H](O)CCCOP.I. The molecule has 0 bridgehead atoms. The van der Waals surface area contributed by atoms with Crippen LogP contribution in [0.15, 0.2) is 0 Å². The molecule has 0 saturated heterocycles. The topological polar surface area (TPSA) is 88.4 Å². The maximum Gasteiger partial charge on any atom is 0.0650 e. The fraction of sp³-hybridized carbons (Fsp3) is 0.714. The molecule has 10 heteroatoms. The van der Waals surface area contributed by atoms with Gasteiger partial charge < -0.3 is 28.9 Å². The highest BCUT2D eigenvalue weighted by Crippen LogP contribution is 2.03. The second-order valence-corrected chi connectivity index (χ2v) is 7.23. The molecule has 0 aliphatic heterocycles. The van der Waals surface area contributed by atoms with E-state index >= 15 is 0 Å². The molecule has 182 valence electrons. The van der Waals surface area contributed by atoms with Crippen molar-refractivity contribution < 1.29 is 28.9 Å². The third-order valence-corrected chi connectivity index (χ3v) is 4.17. The van der Waals surface area contributed by atoms with E-state index < -0.39 is 0 Å². The molecule has 0 saturated carbocycles. The van der Waals surface area contributed by atoms with Crippen molar-refractivity contribution in [2.75, 3.05) is 19.8 Å². The van der Waals surface area contributed by atoms with E-state index in [0.717, 1.165) is 38.5 Å². The fourth-order valence-electron chi connectivity index (χ4n) is 1.92. The number of terminal acetylenes is 3. The lowest BCUT2D eigenvalue weighted by Crippen LogP contribution is -2.05. The molecule has 0 spiro atoms. The van der Waals surface area contributed by atoms with Gasteiger partial charge in [0.05, 0.1) is 38.1 Å². The van der Waals surface area contributed by atoms with Crippen molar-refractivity contribution in [3.63, 3.8) is 0 Å². The average molecular weight is 608 g/mol. The molecule has 0 rings (SSSR count). The Labute approximate surface area is 213 Å². The van der Waals surface area contributed by atoms with Gasteiger partial charge in [0.25, 0.3) is 0 Å². The molecule has 0 aliphatic carbocycles. The van der Waals surface area contributed by atoms with Gasteiger partial charge in [-0.1, -0.05) is 0 Å². The molecule has 0 aromatic rings. The van der Waals surface area contributed by atoms with E-state index in [2.05, 4.69) is 46.2 Å². The second-order valence-electron chi connectivity index (χ2n) is 6.23. The Morgan fingerprint density at radius 3 is 0.968 bits per heavy atom. The van der Waals surface area contributed by atoms with Gasteiger partial charge in [0, 0.05) is 47.7 Å². The van der Waals surface area contributed by atoms with Gasteiger partial charge in [-0.3, -0.25) is 0 Å². The summed E-state index contributed by atoms with van der Waals surface area (Å²) in [5.74, 6) is 7.20. The molecule has 0 heterocycles. The van der Waals surface area contributed by atoms with Crippen LogP contribution < -0.4 is 0 Å². The zero-order valence-corrected chi connectivity index (χ0v) is 24.0. The zero-order valence-electron chi connectivity index (χ0n) is 18.2. The summed E-state index contributed by atoms with van der Waals surface area (Å²) in [6, 6.07) is 0.